The lowest BCUT2D eigenvalue weighted by molar-refractivity contribution is -0.385. The maximum absolute atomic E-state index is 12.7. The molecule has 10 heteroatoms. The summed E-state index contributed by atoms with van der Waals surface area (Å²) in [4.78, 5) is 22.7. The molecule has 0 bridgehead atoms. The summed E-state index contributed by atoms with van der Waals surface area (Å²) < 4.78 is 32.0. The number of sulfonamides is 1. The minimum absolute atomic E-state index is 0.0885. The van der Waals surface area contributed by atoms with Crippen LogP contribution in [0.4, 0.5) is 5.69 Å². The van der Waals surface area contributed by atoms with Crippen molar-refractivity contribution >= 4 is 21.6 Å². The second-order valence-electron chi connectivity index (χ2n) is 7.05. The van der Waals surface area contributed by atoms with Crippen molar-refractivity contribution in [1.29, 1.82) is 0 Å². The summed E-state index contributed by atoms with van der Waals surface area (Å²) in [6.45, 7) is 2.13. The Labute approximate surface area is 174 Å². The zero-order chi connectivity index (χ0) is 21.9. The van der Waals surface area contributed by atoms with Crippen LogP contribution in [0.2, 0.25) is 0 Å². The number of ether oxygens (including phenoxy) is 1. The fourth-order valence-electron chi connectivity index (χ4n) is 3.34. The molecule has 3 rings (SSSR count). The number of nitro groups is 1. The Morgan fingerprint density at radius 2 is 2.00 bits per heavy atom. The zero-order valence-corrected chi connectivity index (χ0v) is 17.6. The van der Waals surface area contributed by atoms with Gasteiger partial charge in [-0.05, 0) is 42.7 Å². The Bertz CT molecular complexity index is 1080. The van der Waals surface area contributed by atoms with Gasteiger partial charge in [0.2, 0.25) is 10.0 Å². The van der Waals surface area contributed by atoms with Gasteiger partial charge in [-0.15, -0.1) is 0 Å². The first-order chi connectivity index (χ1) is 14.2. The number of nitro benzene ring substituents is 1. The quantitative estimate of drug-likeness (QED) is 0.527. The average molecular weight is 433 g/mol. The molecule has 1 aliphatic rings. The number of rotatable bonds is 7. The number of carbonyl (C=O) groups excluding carboxylic acids is 1. The first-order valence-corrected chi connectivity index (χ1v) is 11.0. The molecule has 0 spiro atoms. The molecule has 1 N–H and O–H groups in total. The Morgan fingerprint density at radius 1 is 1.23 bits per heavy atom. The van der Waals surface area contributed by atoms with Crippen LogP contribution in [-0.2, 0) is 23.0 Å². The summed E-state index contributed by atoms with van der Waals surface area (Å²) in [5, 5.41) is 13.6. The van der Waals surface area contributed by atoms with Crippen LogP contribution in [0.3, 0.4) is 0 Å². The van der Waals surface area contributed by atoms with E-state index in [9.17, 15) is 23.3 Å². The number of fused-ring (bicyclic) bond motifs is 1. The number of hydrogen-bond donors (Lipinski definition) is 1. The van der Waals surface area contributed by atoms with Crippen LogP contribution in [0.5, 0.6) is 5.75 Å². The Hall–Kier alpha value is -2.98. The lowest BCUT2D eigenvalue weighted by Gasteiger charge is -2.28. The molecule has 2 aromatic rings. The maximum atomic E-state index is 12.7. The van der Waals surface area contributed by atoms with E-state index in [1.165, 1.54) is 22.5 Å². The van der Waals surface area contributed by atoms with Gasteiger partial charge in [0.15, 0.2) is 0 Å². The SMILES string of the molecule is COc1ccc2c(c1)CCN(S(=O)(=O)CCNC(=O)c1ccc(C)c([N+](=O)[O-])c1)C2. The largest absolute Gasteiger partial charge is 0.497 e. The van der Waals surface area contributed by atoms with Gasteiger partial charge in [-0.2, -0.15) is 4.31 Å². The molecule has 2 aromatic carbocycles. The van der Waals surface area contributed by atoms with Crippen LogP contribution in [0, 0.1) is 17.0 Å². The van der Waals surface area contributed by atoms with E-state index in [4.69, 9.17) is 4.74 Å². The van der Waals surface area contributed by atoms with E-state index < -0.39 is 20.9 Å². The van der Waals surface area contributed by atoms with E-state index in [1.807, 2.05) is 12.1 Å². The number of aryl methyl sites for hydroxylation is 1. The first kappa shape index (κ1) is 21.7. The van der Waals surface area contributed by atoms with Gasteiger partial charge in [0, 0.05) is 36.8 Å². The molecular formula is C20H23N3O6S. The van der Waals surface area contributed by atoms with Crippen LogP contribution in [-0.4, -0.2) is 49.5 Å². The fourth-order valence-corrected chi connectivity index (χ4v) is 4.66. The van der Waals surface area contributed by atoms with Crippen LogP contribution < -0.4 is 10.1 Å². The topological polar surface area (TPSA) is 119 Å². The summed E-state index contributed by atoms with van der Waals surface area (Å²) in [7, 11) is -1.98. The molecule has 9 nitrogen and oxygen atoms in total. The molecule has 0 saturated heterocycles. The Kier molecular flexibility index (Phi) is 6.37. The van der Waals surface area contributed by atoms with Crippen molar-refractivity contribution in [3.63, 3.8) is 0 Å². The molecule has 160 valence electrons. The summed E-state index contributed by atoms with van der Waals surface area (Å²) in [6.07, 6.45) is 0.588. The van der Waals surface area contributed by atoms with Crippen molar-refractivity contribution in [3.05, 3.63) is 68.8 Å². The molecule has 0 unspecified atom stereocenters. The molecular weight excluding hydrogens is 410 g/mol. The highest BCUT2D eigenvalue weighted by atomic mass is 32.2. The van der Waals surface area contributed by atoms with Crippen LogP contribution in [0.1, 0.15) is 27.0 Å². The number of methoxy groups -OCH3 is 1. The molecule has 1 heterocycles. The number of hydrogen-bond acceptors (Lipinski definition) is 6. The van der Waals surface area contributed by atoms with Crippen molar-refractivity contribution in [3.8, 4) is 5.75 Å². The fraction of sp³-hybridized carbons (Fsp3) is 0.350. The maximum Gasteiger partial charge on any atom is 0.273 e. The average Bonchev–Trinajstić information content (AvgIpc) is 2.72. The van der Waals surface area contributed by atoms with Gasteiger partial charge in [-0.1, -0.05) is 12.1 Å². The van der Waals surface area contributed by atoms with E-state index in [0.717, 1.165) is 16.9 Å². The predicted octanol–water partition coefficient (Wildman–Crippen LogP) is 2.03. The van der Waals surface area contributed by atoms with Gasteiger partial charge in [0.1, 0.15) is 5.75 Å². The number of benzene rings is 2. The molecule has 0 aromatic heterocycles. The summed E-state index contributed by atoms with van der Waals surface area (Å²) in [6, 6.07) is 9.74. The molecule has 0 radical (unpaired) electrons. The van der Waals surface area contributed by atoms with E-state index in [2.05, 4.69) is 5.32 Å². The highest BCUT2D eigenvalue weighted by Gasteiger charge is 2.27. The van der Waals surface area contributed by atoms with Gasteiger partial charge in [-0.3, -0.25) is 14.9 Å². The monoisotopic (exact) mass is 433 g/mol. The van der Waals surface area contributed by atoms with Crippen LogP contribution in [0.25, 0.3) is 0 Å². The number of nitrogens with zero attached hydrogens (tertiary/aromatic N) is 2. The van der Waals surface area contributed by atoms with Gasteiger partial charge in [0.05, 0.1) is 17.8 Å². The molecule has 0 aliphatic carbocycles. The predicted molar refractivity (Wildman–Crippen MR) is 111 cm³/mol. The lowest BCUT2D eigenvalue weighted by atomic mass is 10.0. The summed E-state index contributed by atoms with van der Waals surface area (Å²) in [5.41, 5.74) is 2.41. The highest BCUT2D eigenvalue weighted by molar-refractivity contribution is 7.89. The second kappa shape index (κ2) is 8.80. The molecule has 1 amide bonds. The van der Waals surface area contributed by atoms with Crippen molar-refractivity contribution in [2.45, 2.75) is 19.9 Å². The number of carbonyl (C=O) groups is 1. The molecule has 0 atom stereocenters. The van der Waals surface area contributed by atoms with Crippen molar-refractivity contribution in [2.75, 3.05) is 26.0 Å². The molecule has 0 saturated carbocycles. The zero-order valence-electron chi connectivity index (χ0n) is 16.8. The highest BCUT2D eigenvalue weighted by Crippen LogP contribution is 2.25. The smallest absolute Gasteiger partial charge is 0.273 e. The van der Waals surface area contributed by atoms with E-state index in [0.29, 0.717) is 18.5 Å². The van der Waals surface area contributed by atoms with E-state index in [-0.39, 0.29) is 30.1 Å². The van der Waals surface area contributed by atoms with Crippen LogP contribution >= 0.6 is 0 Å². The van der Waals surface area contributed by atoms with E-state index >= 15 is 0 Å². The number of amides is 1. The third kappa shape index (κ3) is 4.77. The number of nitrogens with one attached hydrogen (secondary N) is 1. The molecule has 0 fully saturated rings. The molecule has 30 heavy (non-hydrogen) atoms. The van der Waals surface area contributed by atoms with Crippen molar-refractivity contribution < 1.29 is 22.9 Å². The first-order valence-electron chi connectivity index (χ1n) is 9.38. The normalized spacial score (nSPS) is 14.1. The summed E-state index contributed by atoms with van der Waals surface area (Å²) in [5.74, 6) is -0.0634. The minimum Gasteiger partial charge on any atom is -0.497 e. The Balaban J connectivity index is 1.59. The lowest BCUT2D eigenvalue weighted by Crippen LogP contribution is -2.40. The van der Waals surface area contributed by atoms with Gasteiger partial charge in [0.25, 0.3) is 11.6 Å². The van der Waals surface area contributed by atoms with Gasteiger partial charge < -0.3 is 10.1 Å². The third-order valence-corrected chi connectivity index (χ3v) is 6.92. The third-order valence-electron chi connectivity index (χ3n) is 5.10. The van der Waals surface area contributed by atoms with Crippen LogP contribution in [0.15, 0.2) is 36.4 Å². The van der Waals surface area contributed by atoms with Gasteiger partial charge in [-0.25, -0.2) is 8.42 Å². The van der Waals surface area contributed by atoms with Crippen molar-refractivity contribution in [2.24, 2.45) is 0 Å². The standard InChI is InChI=1S/C20H23N3O6S/c1-14-3-4-16(12-19(14)23(25)26)20(24)21-8-10-30(27,28)22-9-7-15-11-18(29-2)6-5-17(15)13-22/h3-6,11-12H,7-10,13H2,1-2H3,(H,21,24). The van der Waals surface area contributed by atoms with Gasteiger partial charge >= 0.3 is 0 Å². The minimum atomic E-state index is -3.57. The van der Waals surface area contributed by atoms with E-state index in [1.54, 1.807) is 20.1 Å². The van der Waals surface area contributed by atoms with Crippen molar-refractivity contribution in [1.82, 2.24) is 9.62 Å². The second-order valence-corrected chi connectivity index (χ2v) is 9.14. The molecule has 1 aliphatic heterocycles. The summed E-state index contributed by atoms with van der Waals surface area (Å²) >= 11 is 0. The Morgan fingerprint density at radius 3 is 2.70 bits per heavy atom.